The zero-order valence-corrected chi connectivity index (χ0v) is 20.0. The second-order valence-electron chi connectivity index (χ2n) is 7.77. The van der Waals surface area contributed by atoms with Crippen molar-refractivity contribution >= 4 is 41.9 Å². The van der Waals surface area contributed by atoms with Crippen molar-refractivity contribution in [1.29, 1.82) is 0 Å². The summed E-state index contributed by atoms with van der Waals surface area (Å²) in [6.45, 7) is 0.482. The molecule has 0 amide bonds. The molecule has 2 atom stereocenters. The number of hydrogen-bond donors (Lipinski definition) is 2. The first-order valence-electron chi connectivity index (χ1n) is 10.0. The Morgan fingerprint density at radius 1 is 1.24 bits per heavy atom. The summed E-state index contributed by atoms with van der Waals surface area (Å²) in [7, 11) is 1.52. The molecule has 0 radical (unpaired) electrons. The Bertz CT molecular complexity index is 767. The topological polar surface area (TPSA) is 32.3 Å². The van der Waals surface area contributed by atoms with E-state index < -0.39 is 17.7 Å². The Hall–Kier alpha value is -0.270. The van der Waals surface area contributed by atoms with Gasteiger partial charge >= 0.3 is 0 Å². The zero-order valence-electron chi connectivity index (χ0n) is 16.2. The van der Waals surface area contributed by atoms with Crippen molar-refractivity contribution in [3.8, 4) is 11.2 Å². The lowest BCUT2D eigenvalue weighted by Crippen LogP contribution is -2.50. The number of β-amino-alcohol motifs (C(OH)–C–C–N with tert-alkyl or cyclic N) is 1. The van der Waals surface area contributed by atoms with Gasteiger partial charge in [-0.15, -0.1) is 11.8 Å². The summed E-state index contributed by atoms with van der Waals surface area (Å²) in [5, 5.41) is 17.3. The van der Waals surface area contributed by atoms with Crippen molar-refractivity contribution in [3.63, 3.8) is 0 Å². The second-order valence-corrected chi connectivity index (χ2v) is 10.5. The summed E-state index contributed by atoms with van der Waals surface area (Å²) in [5.74, 6) is 3.45. The van der Waals surface area contributed by atoms with Crippen molar-refractivity contribution in [3.05, 3.63) is 46.4 Å². The van der Waals surface area contributed by atoms with Crippen molar-refractivity contribution in [1.82, 2.24) is 5.32 Å². The van der Waals surface area contributed by atoms with Crippen LogP contribution in [0.4, 0.5) is 8.78 Å². The summed E-state index contributed by atoms with van der Waals surface area (Å²) in [4.78, 5) is 1.37. The molecule has 7 heteroatoms. The van der Waals surface area contributed by atoms with Gasteiger partial charge in [0.05, 0.1) is 6.10 Å². The lowest BCUT2D eigenvalue weighted by Gasteiger charge is -2.40. The minimum absolute atomic E-state index is 0.0667. The summed E-state index contributed by atoms with van der Waals surface area (Å²) in [6.07, 6.45) is 8.45. The predicted molar refractivity (Wildman–Crippen MR) is 128 cm³/mol. The van der Waals surface area contributed by atoms with Crippen LogP contribution in [0.25, 0.3) is 0 Å². The van der Waals surface area contributed by atoms with Crippen LogP contribution in [0.5, 0.6) is 0 Å². The van der Waals surface area contributed by atoms with E-state index in [9.17, 15) is 13.9 Å². The van der Waals surface area contributed by atoms with Crippen molar-refractivity contribution in [2.24, 2.45) is 5.92 Å². The summed E-state index contributed by atoms with van der Waals surface area (Å²) < 4.78 is 26.7. The van der Waals surface area contributed by atoms with Gasteiger partial charge in [0.25, 0.3) is 0 Å². The highest BCUT2D eigenvalue weighted by Crippen LogP contribution is 2.44. The minimum atomic E-state index is -0.572. The van der Waals surface area contributed by atoms with Crippen LogP contribution in [0.2, 0.25) is 0 Å². The lowest BCUT2D eigenvalue weighted by molar-refractivity contribution is 0.143. The van der Waals surface area contributed by atoms with Crippen LogP contribution in [-0.4, -0.2) is 29.0 Å². The molecule has 2 N–H and O–H groups in total. The fraction of sp³-hybridized carbons (Fsp3) is 0.545. The average Bonchev–Trinajstić information content (AvgIpc) is 3.19. The largest absolute Gasteiger partial charge is 0.392 e. The number of allylic oxidation sites excluding steroid dienone is 1. The van der Waals surface area contributed by atoms with Gasteiger partial charge in [0.15, 0.2) is 0 Å². The number of aliphatic hydroxyl groups is 1. The maximum Gasteiger partial charge on any atom is 0.126 e. The molecular weight excluding hydrogens is 523 g/mol. The van der Waals surface area contributed by atoms with E-state index in [-0.39, 0.29) is 5.54 Å². The molecule has 1 heterocycles. The Balaban J connectivity index is 1.59. The molecule has 2 aliphatic rings. The number of hydrogen-bond acceptors (Lipinski definition) is 4. The lowest BCUT2D eigenvalue weighted by atomic mass is 9.80. The van der Waals surface area contributed by atoms with Crippen LogP contribution in [0.3, 0.4) is 0 Å². The van der Waals surface area contributed by atoms with Gasteiger partial charge in [0, 0.05) is 55.9 Å². The predicted octanol–water partition coefficient (Wildman–Crippen LogP) is 5.84. The number of thioether (sulfide) groups is 1. The molecule has 0 bridgehead atoms. The molecule has 2 unspecified atom stereocenters. The summed E-state index contributed by atoms with van der Waals surface area (Å²) in [6, 6.07) is 3.54. The molecule has 1 aliphatic heterocycles. The third-order valence-electron chi connectivity index (χ3n) is 5.60. The van der Waals surface area contributed by atoms with E-state index in [0.29, 0.717) is 30.9 Å². The molecule has 0 aromatic heterocycles. The Morgan fingerprint density at radius 2 is 1.97 bits per heavy atom. The standard InChI is InChI=1S/C22H26F2INOS2/c23-18-10-16(11-19(24)13-18)4-5-20(27)14-26-22(7-2-1-3-8-22)21-12-17(15-28-21)6-9-29-25/h10-13,17,20,26-27H,1-5,7-8,14-15H2. The third kappa shape index (κ3) is 6.86. The highest BCUT2D eigenvalue weighted by atomic mass is 127. The number of rotatable bonds is 7. The van der Waals surface area contributed by atoms with Gasteiger partial charge in [-0.1, -0.05) is 31.3 Å². The number of aryl methyl sites for hydroxylation is 1. The van der Waals surface area contributed by atoms with E-state index in [1.165, 1.54) is 45.2 Å². The van der Waals surface area contributed by atoms with Crippen molar-refractivity contribution in [2.75, 3.05) is 12.3 Å². The number of benzene rings is 1. The van der Waals surface area contributed by atoms with Gasteiger partial charge in [-0.05, 0) is 57.6 Å². The highest BCUT2D eigenvalue weighted by Gasteiger charge is 2.38. The Morgan fingerprint density at radius 3 is 2.66 bits per heavy atom. The van der Waals surface area contributed by atoms with Crippen molar-refractivity contribution < 1.29 is 13.9 Å². The molecule has 2 nitrogen and oxygen atoms in total. The van der Waals surface area contributed by atoms with Gasteiger partial charge < -0.3 is 10.4 Å². The first-order chi connectivity index (χ1) is 14.0. The van der Waals surface area contributed by atoms with E-state index in [4.69, 9.17) is 0 Å². The Kier molecular flexibility index (Phi) is 9.18. The van der Waals surface area contributed by atoms with Gasteiger partial charge in [-0.2, -0.15) is 0 Å². The molecule has 1 aliphatic carbocycles. The van der Waals surface area contributed by atoms with Crippen LogP contribution in [0, 0.1) is 28.7 Å². The second kappa shape index (κ2) is 11.4. The first kappa shape index (κ1) is 23.4. The van der Waals surface area contributed by atoms with Crippen LogP contribution >= 0.6 is 41.9 Å². The fourth-order valence-electron chi connectivity index (χ4n) is 4.11. The molecule has 29 heavy (non-hydrogen) atoms. The van der Waals surface area contributed by atoms with E-state index in [2.05, 4.69) is 43.8 Å². The Labute approximate surface area is 192 Å². The SMILES string of the molecule is OC(CCc1cc(F)cc(F)c1)CNC1(C2=CC(C#CSI)CS2)CCCCC1. The smallest absolute Gasteiger partial charge is 0.126 e. The molecule has 1 aromatic carbocycles. The van der Waals surface area contributed by atoms with E-state index >= 15 is 0 Å². The third-order valence-corrected chi connectivity index (χ3v) is 7.82. The number of halogens is 3. The maximum atomic E-state index is 13.3. The van der Waals surface area contributed by atoms with Crippen LogP contribution < -0.4 is 5.32 Å². The summed E-state index contributed by atoms with van der Waals surface area (Å²) in [5.41, 5.74) is 0.514. The fourth-order valence-corrected chi connectivity index (χ4v) is 6.04. The highest BCUT2D eigenvalue weighted by molar-refractivity contribution is 14.2. The quantitative estimate of drug-likeness (QED) is 0.331. The number of aliphatic hydroxyl groups excluding tert-OH is 1. The maximum absolute atomic E-state index is 13.3. The monoisotopic (exact) mass is 549 g/mol. The minimum Gasteiger partial charge on any atom is -0.392 e. The normalized spacial score (nSPS) is 21.9. The summed E-state index contributed by atoms with van der Waals surface area (Å²) >= 11 is 4.09. The van der Waals surface area contributed by atoms with Gasteiger partial charge in [-0.25, -0.2) is 8.78 Å². The van der Waals surface area contributed by atoms with E-state index in [0.717, 1.165) is 24.7 Å². The molecule has 3 rings (SSSR count). The van der Waals surface area contributed by atoms with Gasteiger partial charge in [-0.3, -0.25) is 0 Å². The molecule has 158 valence electrons. The van der Waals surface area contributed by atoms with Crippen LogP contribution in [-0.2, 0) is 6.42 Å². The van der Waals surface area contributed by atoms with Crippen molar-refractivity contribution in [2.45, 2.75) is 56.6 Å². The van der Waals surface area contributed by atoms with Gasteiger partial charge in [0.2, 0.25) is 0 Å². The average molecular weight is 549 g/mol. The molecule has 1 aromatic rings. The molecule has 0 spiro atoms. The molecule has 0 saturated heterocycles. The van der Waals surface area contributed by atoms with E-state index in [1.54, 1.807) is 0 Å². The zero-order chi connectivity index (χ0) is 20.7. The van der Waals surface area contributed by atoms with Crippen LogP contribution in [0.15, 0.2) is 29.2 Å². The number of nitrogens with one attached hydrogen (secondary N) is 1. The molecule has 1 saturated carbocycles. The first-order valence-corrected chi connectivity index (χ1v) is 14.4. The molecule has 1 fully saturated rings. The van der Waals surface area contributed by atoms with Crippen LogP contribution in [0.1, 0.15) is 44.1 Å². The van der Waals surface area contributed by atoms with Gasteiger partial charge in [0.1, 0.15) is 11.6 Å². The van der Waals surface area contributed by atoms with E-state index in [1.807, 2.05) is 11.8 Å². The molecular formula is C22H26F2INOS2.